The largest absolute Gasteiger partial charge is 0.410 e. The van der Waals surface area contributed by atoms with Crippen LogP contribution in [0.3, 0.4) is 0 Å². The molecular formula is C10H11N3O2S. The number of hydrogen-bond donors (Lipinski definition) is 2. The van der Waals surface area contributed by atoms with E-state index in [1.807, 2.05) is 19.9 Å². The molecule has 0 spiro atoms. The zero-order valence-electron chi connectivity index (χ0n) is 8.90. The molecule has 2 aromatic rings. The molecule has 0 aliphatic carbocycles. The van der Waals surface area contributed by atoms with Gasteiger partial charge in [-0.2, -0.15) is 0 Å². The molecule has 4 N–H and O–H groups in total. The van der Waals surface area contributed by atoms with E-state index >= 15 is 0 Å². The lowest BCUT2D eigenvalue weighted by Crippen LogP contribution is -2.16. The van der Waals surface area contributed by atoms with Gasteiger partial charge in [0.25, 0.3) is 0 Å². The summed E-state index contributed by atoms with van der Waals surface area (Å²) in [6, 6.07) is 1.93. The average molecular weight is 237 g/mol. The smallest absolute Gasteiger partial charge is 0.397 e. The number of rotatable bonds is 1. The molecule has 0 saturated carbocycles. The van der Waals surface area contributed by atoms with Crippen LogP contribution in [-0.2, 0) is 0 Å². The third kappa shape index (κ3) is 1.67. The molecule has 0 aliphatic rings. The van der Waals surface area contributed by atoms with Crippen LogP contribution in [0.2, 0.25) is 0 Å². The van der Waals surface area contributed by atoms with Crippen molar-refractivity contribution in [2.45, 2.75) is 13.8 Å². The molecule has 1 amide bonds. The van der Waals surface area contributed by atoms with Gasteiger partial charge in [-0.3, -0.25) is 0 Å². The lowest BCUT2D eigenvalue weighted by molar-refractivity contribution is 0.212. The molecule has 5 nitrogen and oxygen atoms in total. The Morgan fingerprint density at radius 1 is 1.50 bits per heavy atom. The number of amides is 1. The van der Waals surface area contributed by atoms with Crippen LogP contribution in [-0.4, -0.2) is 11.1 Å². The van der Waals surface area contributed by atoms with E-state index in [-0.39, 0.29) is 0 Å². The second-order valence-electron chi connectivity index (χ2n) is 3.48. The average Bonchev–Trinajstić information content (AvgIpc) is 2.41. The summed E-state index contributed by atoms with van der Waals surface area (Å²) in [5, 5.41) is 1.13. The quantitative estimate of drug-likeness (QED) is 0.793. The van der Waals surface area contributed by atoms with Gasteiger partial charge in [0.1, 0.15) is 4.83 Å². The van der Waals surface area contributed by atoms with Crippen LogP contribution < -0.4 is 16.2 Å². The summed E-state index contributed by atoms with van der Waals surface area (Å²) in [4.78, 5) is 15.8. The van der Waals surface area contributed by atoms with Gasteiger partial charge in [-0.25, -0.2) is 9.78 Å². The molecule has 0 aliphatic heterocycles. The summed E-state index contributed by atoms with van der Waals surface area (Å²) in [5.41, 5.74) is 13.2. The lowest BCUT2D eigenvalue weighted by atomic mass is 10.1. The van der Waals surface area contributed by atoms with Crippen LogP contribution in [0.4, 0.5) is 10.5 Å². The number of ether oxygens (including phenoxy) is 1. The number of nitrogens with zero attached hydrogens (tertiary/aromatic N) is 1. The SMILES string of the molecule is Cc1cc(C)c2c(N)c(OC(N)=O)sc2n1. The minimum absolute atomic E-state index is 0.309. The van der Waals surface area contributed by atoms with Gasteiger partial charge in [0.05, 0.1) is 5.69 Å². The number of primary amides is 1. The first kappa shape index (κ1) is 10.7. The van der Waals surface area contributed by atoms with Crippen molar-refractivity contribution in [2.24, 2.45) is 5.73 Å². The number of carbonyl (C=O) groups is 1. The molecule has 84 valence electrons. The molecule has 16 heavy (non-hydrogen) atoms. The van der Waals surface area contributed by atoms with Crippen LogP contribution in [0, 0.1) is 13.8 Å². The summed E-state index contributed by atoms with van der Waals surface area (Å²) in [6.07, 6.45) is -0.868. The monoisotopic (exact) mass is 237 g/mol. The van der Waals surface area contributed by atoms with E-state index in [1.165, 1.54) is 11.3 Å². The second kappa shape index (κ2) is 3.64. The number of aromatic nitrogens is 1. The van der Waals surface area contributed by atoms with Crippen molar-refractivity contribution in [2.75, 3.05) is 5.73 Å². The molecule has 0 unspecified atom stereocenters. The maximum absolute atomic E-state index is 10.7. The Bertz CT molecular complexity index is 577. The zero-order valence-corrected chi connectivity index (χ0v) is 9.72. The fraction of sp³-hybridized carbons (Fsp3) is 0.200. The minimum atomic E-state index is -0.868. The first-order valence-corrected chi connectivity index (χ1v) is 5.44. The van der Waals surface area contributed by atoms with Gasteiger partial charge >= 0.3 is 6.09 Å². The van der Waals surface area contributed by atoms with E-state index in [0.717, 1.165) is 21.5 Å². The minimum Gasteiger partial charge on any atom is -0.397 e. The topological polar surface area (TPSA) is 91.2 Å². The highest BCUT2D eigenvalue weighted by molar-refractivity contribution is 7.21. The van der Waals surface area contributed by atoms with E-state index < -0.39 is 6.09 Å². The van der Waals surface area contributed by atoms with Gasteiger partial charge in [0.2, 0.25) is 5.06 Å². The Kier molecular flexibility index (Phi) is 2.43. The van der Waals surface area contributed by atoms with Gasteiger partial charge in [-0.1, -0.05) is 11.3 Å². The van der Waals surface area contributed by atoms with Crippen molar-refractivity contribution in [3.05, 3.63) is 17.3 Å². The molecule has 2 aromatic heterocycles. The number of fused-ring (bicyclic) bond motifs is 1. The van der Waals surface area contributed by atoms with Crippen molar-refractivity contribution in [3.63, 3.8) is 0 Å². The van der Waals surface area contributed by atoms with Crippen molar-refractivity contribution in [3.8, 4) is 5.06 Å². The van der Waals surface area contributed by atoms with Gasteiger partial charge in [0, 0.05) is 11.1 Å². The molecule has 0 fully saturated rings. The predicted molar refractivity (Wildman–Crippen MR) is 63.7 cm³/mol. The van der Waals surface area contributed by atoms with Gasteiger partial charge < -0.3 is 16.2 Å². The van der Waals surface area contributed by atoms with E-state index in [1.54, 1.807) is 0 Å². The molecule has 2 rings (SSSR count). The first-order chi connectivity index (χ1) is 7.49. The van der Waals surface area contributed by atoms with Gasteiger partial charge in [-0.05, 0) is 25.5 Å². The second-order valence-corrected chi connectivity index (χ2v) is 4.45. The molecule has 6 heteroatoms. The molecule has 0 atom stereocenters. The number of anilines is 1. The maximum atomic E-state index is 10.7. The zero-order chi connectivity index (χ0) is 11.9. The lowest BCUT2D eigenvalue weighted by Gasteiger charge is -1.99. The molecule has 0 radical (unpaired) electrons. The fourth-order valence-corrected chi connectivity index (χ4v) is 2.69. The van der Waals surface area contributed by atoms with Crippen LogP contribution in [0.25, 0.3) is 10.2 Å². The molecule has 0 aromatic carbocycles. The van der Waals surface area contributed by atoms with Gasteiger partial charge in [0.15, 0.2) is 0 Å². The number of thiophene rings is 1. The Hall–Kier alpha value is -1.82. The number of nitrogens with two attached hydrogens (primary N) is 2. The number of nitrogen functional groups attached to an aromatic ring is 1. The van der Waals surface area contributed by atoms with Crippen molar-refractivity contribution >= 4 is 33.3 Å². The highest BCUT2D eigenvalue weighted by Gasteiger charge is 2.15. The number of aryl methyl sites for hydroxylation is 2. The van der Waals surface area contributed by atoms with Crippen LogP contribution in [0.1, 0.15) is 11.3 Å². The van der Waals surface area contributed by atoms with Crippen molar-refractivity contribution in [1.82, 2.24) is 4.98 Å². The summed E-state index contributed by atoms with van der Waals surface area (Å²) >= 11 is 1.22. The number of carbonyl (C=O) groups excluding carboxylic acids is 1. The normalized spacial score (nSPS) is 10.6. The van der Waals surface area contributed by atoms with Crippen LogP contribution in [0.15, 0.2) is 6.07 Å². The standard InChI is InChI=1S/C10H11N3O2S/c1-4-3-5(2)13-8-6(4)7(11)9(16-8)15-10(12)14/h3H,11H2,1-2H3,(H2,12,14). The fourth-order valence-electron chi connectivity index (χ4n) is 1.62. The number of pyridine rings is 1. The molecule has 0 bridgehead atoms. The van der Waals surface area contributed by atoms with Crippen molar-refractivity contribution in [1.29, 1.82) is 0 Å². The summed E-state index contributed by atoms with van der Waals surface area (Å²) in [7, 11) is 0. The highest BCUT2D eigenvalue weighted by Crippen LogP contribution is 2.40. The summed E-state index contributed by atoms with van der Waals surface area (Å²) in [5.74, 6) is 0. The Balaban J connectivity index is 2.68. The van der Waals surface area contributed by atoms with Crippen LogP contribution in [0.5, 0.6) is 5.06 Å². The third-order valence-corrected chi connectivity index (χ3v) is 3.16. The van der Waals surface area contributed by atoms with Crippen molar-refractivity contribution < 1.29 is 9.53 Å². The molecule has 2 heterocycles. The Labute approximate surface area is 96.0 Å². The maximum Gasteiger partial charge on any atom is 0.410 e. The highest BCUT2D eigenvalue weighted by atomic mass is 32.1. The van der Waals surface area contributed by atoms with Crippen LogP contribution >= 0.6 is 11.3 Å². The predicted octanol–water partition coefficient (Wildman–Crippen LogP) is 1.95. The Morgan fingerprint density at radius 2 is 2.19 bits per heavy atom. The molecular weight excluding hydrogens is 226 g/mol. The van der Waals surface area contributed by atoms with E-state index in [9.17, 15) is 4.79 Å². The summed E-state index contributed by atoms with van der Waals surface area (Å²) < 4.78 is 4.82. The summed E-state index contributed by atoms with van der Waals surface area (Å²) in [6.45, 7) is 3.84. The third-order valence-electron chi connectivity index (χ3n) is 2.18. The Morgan fingerprint density at radius 3 is 2.81 bits per heavy atom. The van der Waals surface area contributed by atoms with E-state index in [4.69, 9.17) is 16.2 Å². The molecule has 0 saturated heterocycles. The van der Waals surface area contributed by atoms with Gasteiger partial charge in [-0.15, -0.1) is 0 Å². The van der Waals surface area contributed by atoms with E-state index in [2.05, 4.69) is 4.98 Å². The van der Waals surface area contributed by atoms with E-state index in [0.29, 0.717) is 10.8 Å². The first-order valence-electron chi connectivity index (χ1n) is 4.62. The number of hydrogen-bond acceptors (Lipinski definition) is 5.